The molecule has 5 nitrogen and oxygen atoms in total. The number of benzene rings is 3. The number of nitriles is 1. The summed E-state index contributed by atoms with van der Waals surface area (Å²) in [5.74, 6) is 0.627. The quantitative estimate of drug-likeness (QED) is 0.376. The van der Waals surface area contributed by atoms with E-state index in [1.165, 1.54) is 5.56 Å². The van der Waals surface area contributed by atoms with Crippen molar-refractivity contribution < 1.29 is 9.84 Å². The van der Waals surface area contributed by atoms with Crippen molar-refractivity contribution in [3.63, 3.8) is 0 Å². The molecular formula is C29H31Cl2N3O2. The van der Waals surface area contributed by atoms with E-state index >= 15 is 0 Å². The highest BCUT2D eigenvalue weighted by Gasteiger charge is 2.32. The molecule has 1 fully saturated rings. The van der Waals surface area contributed by atoms with E-state index in [0.717, 1.165) is 30.9 Å². The lowest BCUT2D eigenvalue weighted by Gasteiger charge is -2.45. The molecule has 4 rings (SSSR count). The topological polar surface area (TPSA) is 59.7 Å². The smallest absolute Gasteiger partial charge is 0.121 e. The Bertz CT molecular complexity index is 1220. The number of halogens is 2. The summed E-state index contributed by atoms with van der Waals surface area (Å²) >= 11 is 13.0. The minimum atomic E-state index is -0.924. The fourth-order valence-electron chi connectivity index (χ4n) is 4.53. The van der Waals surface area contributed by atoms with Crippen LogP contribution in [0.5, 0.6) is 5.75 Å². The summed E-state index contributed by atoms with van der Waals surface area (Å²) < 4.78 is 5.74. The fraction of sp³-hybridized carbons (Fsp3) is 0.345. The van der Waals surface area contributed by atoms with Crippen LogP contribution in [0.2, 0.25) is 10.0 Å². The Labute approximate surface area is 223 Å². The molecule has 2 atom stereocenters. The molecule has 0 saturated carbocycles. The van der Waals surface area contributed by atoms with Gasteiger partial charge in [-0.15, -0.1) is 0 Å². The van der Waals surface area contributed by atoms with Gasteiger partial charge < -0.3 is 14.7 Å². The maximum absolute atomic E-state index is 9.97. The van der Waals surface area contributed by atoms with Crippen LogP contribution in [0.25, 0.3) is 0 Å². The van der Waals surface area contributed by atoms with Gasteiger partial charge in [0.25, 0.3) is 0 Å². The second-order valence-corrected chi connectivity index (χ2v) is 10.7. The van der Waals surface area contributed by atoms with E-state index in [1.54, 1.807) is 13.8 Å². The molecule has 0 radical (unpaired) electrons. The van der Waals surface area contributed by atoms with Crippen molar-refractivity contribution in [1.82, 2.24) is 4.90 Å². The summed E-state index contributed by atoms with van der Waals surface area (Å²) in [6.07, 6.45) is 0. The molecule has 36 heavy (non-hydrogen) atoms. The predicted molar refractivity (Wildman–Crippen MR) is 146 cm³/mol. The van der Waals surface area contributed by atoms with E-state index in [9.17, 15) is 5.11 Å². The van der Waals surface area contributed by atoms with Crippen LogP contribution in [-0.4, -0.2) is 41.8 Å². The molecular weight excluding hydrogens is 493 g/mol. The maximum atomic E-state index is 9.97. The number of aliphatic hydroxyl groups is 1. The zero-order chi connectivity index (χ0) is 25.9. The van der Waals surface area contributed by atoms with Gasteiger partial charge in [-0.05, 0) is 68.3 Å². The third kappa shape index (κ3) is 6.32. The highest BCUT2D eigenvalue weighted by molar-refractivity contribution is 6.33. The Hall–Kier alpha value is -2.75. The second-order valence-electron chi connectivity index (χ2n) is 9.88. The van der Waals surface area contributed by atoms with Crippen molar-refractivity contribution in [1.29, 1.82) is 5.26 Å². The van der Waals surface area contributed by atoms with E-state index < -0.39 is 5.60 Å². The van der Waals surface area contributed by atoms with Crippen LogP contribution in [0.15, 0.2) is 66.7 Å². The zero-order valence-corrected chi connectivity index (χ0v) is 22.3. The third-order valence-electron chi connectivity index (χ3n) is 6.56. The second kappa shape index (κ2) is 11.1. The molecule has 1 saturated heterocycles. The van der Waals surface area contributed by atoms with Crippen LogP contribution >= 0.6 is 23.2 Å². The number of anilines is 1. The number of hydrogen-bond acceptors (Lipinski definition) is 5. The lowest BCUT2D eigenvalue weighted by atomic mass is 9.98. The first-order valence-electron chi connectivity index (χ1n) is 12.1. The van der Waals surface area contributed by atoms with Gasteiger partial charge in [0, 0.05) is 36.8 Å². The highest BCUT2D eigenvalue weighted by atomic mass is 35.5. The van der Waals surface area contributed by atoms with Gasteiger partial charge in [-0.25, -0.2) is 0 Å². The zero-order valence-electron chi connectivity index (χ0n) is 20.8. The van der Waals surface area contributed by atoms with Gasteiger partial charge in [-0.2, -0.15) is 5.26 Å². The Morgan fingerprint density at radius 3 is 2.36 bits per heavy atom. The molecule has 0 aromatic heterocycles. The normalized spacial score (nSPS) is 17.5. The molecule has 0 spiro atoms. The Morgan fingerprint density at radius 2 is 1.75 bits per heavy atom. The third-order valence-corrected chi connectivity index (χ3v) is 7.11. The SMILES string of the molecule is C[C@H](c1ccc(C#N)cc1)N1CCN(c2ccc(OCC(C)(C)O)cc2Cl)[C@H](c2ccc(Cl)cc2)C1. The fourth-order valence-corrected chi connectivity index (χ4v) is 4.94. The summed E-state index contributed by atoms with van der Waals surface area (Å²) in [6, 6.07) is 24.0. The molecule has 0 bridgehead atoms. The van der Waals surface area contributed by atoms with Crippen molar-refractivity contribution in [2.24, 2.45) is 0 Å². The summed E-state index contributed by atoms with van der Waals surface area (Å²) in [6.45, 7) is 8.25. The number of nitrogens with zero attached hydrogens (tertiary/aromatic N) is 3. The molecule has 0 unspecified atom stereocenters. The Morgan fingerprint density at radius 1 is 1.06 bits per heavy atom. The average molecular weight is 524 g/mol. The lowest BCUT2D eigenvalue weighted by Crippen LogP contribution is -2.49. The van der Waals surface area contributed by atoms with Crippen molar-refractivity contribution in [2.45, 2.75) is 38.5 Å². The van der Waals surface area contributed by atoms with Crippen molar-refractivity contribution in [3.05, 3.63) is 93.5 Å². The molecule has 0 amide bonds. The summed E-state index contributed by atoms with van der Waals surface area (Å²) in [7, 11) is 0. The number of piperazine rings is 1. The average Bonchev–Trinajstić information content (AvgIpc) is 2.87. The summed E-state index contributed by atoms with van der Waals surface area (Å²) in [4.78, 5) is 4.80. The van der Waals surface area contributed by atoms with Crippen LogP contribution in [0, 0.1) is 11.3 Å². The van der Waals surface area contributed by atoms with Crippen LogP contribution in [-0.2, 0) is 0 Å². The van der Waals surface area contributed by atoms with Crippen LogP contribution in [0.4, 0.5) is 5.69 Å². The standard InChI is InChI=1S/C29H31Cl2N3O2/c1-20(22-6-4-21(17-32)5-7-22)33-14-15-34(28(18-33)23-8-10-24(30)11-9-23)27-13-12-25(16-26(27)31)36-19-29(2,3)35/h4-13,16,20,28,35H,14-15,18-19H2,1-3H3/t20-,28+/m1/s1. The summed E-state index contributed by atoms with van der Waals surface area (Å²) in [5, 5.41) is 20.4. The first-order valence-corrected chi connectivity index (χ1v) is 12.8. The number of hydrogen-bond donors (Lipinski definition) is 1. The first kappa shape index (κ1) is 26.3. The van der Waals surface area contributed by atoms with Gasteiger partial charge in [0.2, 0.25) is 0 Å². The number of ether oxygens (including phenoxy) is 1. The molecule has 7 heteroatoms. The van der Waals surface area contributed by atoms with Gasteiger partial charge in [0.1, 0.15) is 12.4 Å². The molecule has 188 valence electrons. The Kier molecular flexibility index (Phi) is 8.12. The van der Waals surface area contributed by atoms with Crippen molar-refractivity contribution in [2.75, 3.05) is 31.1 Å². The predicted octanol–water partition coefficient (Wildman–Crippen LogP) is 6.64. The van der Waals surface area contributed by atoms with E-state index in [0.29, 0.717) is 21.4 Å². The molecule has 1 aliphatic rings. The minimum Gasteiger partial charge on any atom is -0.491 e. The minimum absolute atomic E-state index is 0.0671. The van der Waals surface area contributed by atoms with E-state index in [1.807, 2.05) is 54.6 Å². The summed E-state index contributed by atoms with van der Waals surface area (Å²) in [5.41, 5.74) is 3.03. The van der Waals surface area contributed by atoms with Gasteiger partial charge in [0.05, 0.1) is 34.0 Å². The van der Waals surface area contributed by atoms with Crippen LogP contribution < -0.4 is 9.64 Å². The molecule has 0 aliphatic carbocycles. The van der Waals surface area contributed by atoms with E-state index in [4.69, 9.17) is 33.2 Å². The maximum Gasteiger partial charge on any atom is 0.121 e. The molecule has 3 aromatic carbocycles. The largest absolute Gasteiger partial charge is 0.491 e. The lowest BCUT2D eigenvalue weighted by molar-refractivity contribution is 0.0285. The Balaban J connectivity index is 1.60. The monoisotopic (exact) mass is 523 g/mol. The van der Waals surface area contributed by atoms with Crippen molar-refractivity contribution >= 4 is 28.9 Å². The molecule has 1 heterocycles. The van der Waals surface area contributed by atoms with Gasteiger partial charge in [-0.1, -0.05) is 47.5 Å². The highest BCUT2D eigenvalue weighted by Crippen LogP contribution is 2.39. The first-order chi connectivity index (χ1) is 17.1. The molecule has 1 N–H and O–H groups in total. The van der Waals surface area contributed by atoms with Gasteiger partial charge in [0.15, 0.2) is 0 Å². The van der Waals surface area contributed by atoms with E-state index in [2.05, 4.69) is 34.9 Å². The molecule has 1 aliphatic heterocycles. The number of rotatable bonds is 7. The van der Waals surface area contributed by atoms with Gasteiger partial charge >= 0.3 is 0 Å². The van der Waals surface area contributed by atoms with Crippen molar-refractivity contribution in [3.8, 4) is 11.8 Å². The van der Waals surface area contributed by atoms with Crippen LogP contribution in [0.1, 0.15) is 49.5 Å². The van der Waals surface area contributed by atoms with Crippen LogP contribution in [0.3, 0.4) is 0 Å². The van der Waals surface area contributed by atoms with Gasteiger partial charge in [-0.3, -0.25) is 4.90 Å². The molecule has 3 aromatic rings. The van der Waals surface area contributed by atoms with E-state index in [-0.39, 0.29) is 18.7 Å².